The molecule has 0 aliphatic carbocycles. The van der Waals surface area contributed by atoms with Crippen molar-refractivity contribution in [1.29, 1.82) is 0 Å². The van der Waals surface area contributed by atoms with Crippen molar-refractivity contribution in [2.45, 2.75) is 13.0 Å². The van der Waals surface area contributed by atoms with Crippen molar-refractivity contribution in [1.82, 2.24) is 35.1 Å². The first kappa shape index (κ1) is 12.3. The average Bonchev–Trinajstić information content (AvgIpc) is 2.96. The van der Waals surface area contributed by atoms with Gasteiger partial charge in [-0.3, -0.25) is 9.89 Å². The van der Waals surface area contributed by atoms with Gasteiger partial charge in [-0.05, 0) is 6.92 Å². The number of H-pyrrole nitrogens is 1. The molecule has 2 N–H and O–H groups in total. The monoisotopic (exact) mass is 277 g/mol. The summed E-state index contributed by atoms with van der Waals surface area (Å²) in [5.74, 6) is -0.678. The molecule has 0 unspecified atom stereocenters. The minimum Gasteiger partial charge on any atom is -0.476 e. The van der Waals surface area contributed by atoms with Gasteiger partial charge in [0, 0.05) is 13.1 Å². The molecule has 10 heteroatoms. The van der Waals surface area contributed by atoms with Crippen LogP contribution in [0.25, 0.3) is 0 Å². The molecular weight excluding hydrogens is 266 g/mol. The number of aromatic amines is 1. The van der Waals surface area contributed by atoms with Crippen molar-refractivity contribution in [3.05, 3.63) is 23.5 Å². The Balaban J connectivity index is 1.63. The third-order valence-electron chi connectivity index (χ3n) is 3.04. The van der Waals surface area contributed by atoms with Gasteiger partial charge in [-0.1, -0.05) is 5.21 Å². The summed E-state index contributed by atoms with van der Waals surface area (Å²) in [5, 5.41) is 22.4. The number of likely N-dealkylation sites (tertiary alicyclic amines) is 1. The molecule has 0 atom stereocenters. The van der Waals surface area contributed by atoms with Crippen LogP contribution in [-0.2, 0) is 0 Å². The Kier molecular flexibility index (Phi) is 2.70. The van der Waals surface area contributed by atoms with Crippen LogP contribution in [0.15, 0.2) is 6.20 Å². The molecule has 0 aromatic carbocycles. The molecule has 1 aliphatic heterocycles. The number of amides is 1. The molecule has 2 aromatic heterocycles. The average molecular weight is 277 g/mol. The van der Waals surface area contributed by atoms with E-state index in [1.54, 1.807) is 11.8 Å². The first-order valence-electron chi connectivity index (χ1n) is 5.88. The zero-order chi connectivity index (χ0) is 14.3. The van der Waals surface area contributed by atoms with Crippen LogP contribution in [0.4, 0.5) is 0 Å². The Morgan fingerprint density at radius 1 is 1.45 bits per heavy atom. The van der Waals surface area contributed by atoms with Crippen LogP contribution in [-0.4, -0.2) is 65.1 Å². The molecule has 20 heavy (non-hydrogen) atoms. The number of nitrogens with one attached hydrogen (secondary N) is 1. The fourth-order valence-corrected chi connectivity index (χ4v) is 1.92. The summed E-state index contributed by atoms with van der Waals surface area (Å²) >= 11 is 0. The Morgan fingerprint density at radius 2 is 2.20 bits per heavy atom. The van der Waals surface area contributed by atoms with Crippen LogP contribution < -0.4 is 0 Å². The third kappa shape index (κ3) is 2.00. The first-order valence-corrected chi connectivity index (χ1v) is 5.88. The Hall–Kier alpha value is -2.78. The van der Waals surface area contributed by atoms with Crippen molar-refractivity contribution < 1.29 is 14.7 Å². The molecule has 1 amide bonds. The van der Waals surface area contributed by atoms with Crippen molar-refractivity contribution in [3.63, 3.8) is 0 Å². The van der Waals surface area contributed by atoms with Gasteiger partial charge >= 0.3 is 5.97 Å². The lowest BCUT2D eigenvalue weighted by Gasteiger charge is -2.38. The van der Waals surface area contributed by atoms with E-state index in [0.29, 0.717) is 18.9 Å². The van der Waals surface area contributed by atoms with E-state index < -0.39 is 5.97 Å². The molecule has 0 saturated carbocycles. The van der Waals surface area contributed by atoms with E-state index in [4.69, 9.17) is 5.11 Å². The van der Waals surface area contributed by atoms with Crippen LogP contribution in [0.1, 0.15) is 33.0 Å². The summed E-state index contributed by atoms with van der Waals surface area (Å²) in [6, 6.07) is -0.0698. The highest BCUT2D eigenvalue weighted by atomic mass is 16.4. The van der Waals surface area contributed by atoms with Crippen LogP contribution in [0.5, 0.6) is 0 Å². The number of nitrogens with zero attached hydrogens (tertiary/aromatic N) is 6. The minimum atomic E-state index is -1.13. The number of carboxylic acid groups (broad SMARTS) is 1. The molecule has 1 aliphatic rings. The lowest BCUT2D eigenvalue weighted by atomic mass is 10.1. The normalized spacial score (nSPS) is 15.2. The standard InChI is InChI=1S/C10H11N7O3/c1-5-11-8(14-12-5)9(18)16-2-6(3-16)17-4-7(10(19)20)13-15-17/h4,6H,2-3H2,1H3,(H,19,20)(H,11,12,14). The lowest BCUT2D eigenvalue weighted by molar-refractivity contribution is 0.0485. The van der Waals surface area contributed by atoms with Crippen molar-refractivity contribution in [2.24, 2.45) is 0 Å². The van der Waals surface area contributed by atoms with Gasteiger partial charge < -0.3 is 10.0 Å². The van der Waals surface area contributed by atoms with Gasteiger partial charge in [-0.2, -0.15) is 0 Å². The quantitative estimate of drug-likeness (QED) is 0.743. The summed E-state index contributed by atoms with van der Waals surface area (Å²) in [4.78, 5) is 28.2. The second-order valence-electron chi connectivity index (χ2n) is 4.50. The fraction of sp³-hybridized carbons (Fsp3) is 0.400. The van der Waals surface area contributed by atoms with E-state index in [-0.39, 0.29) is 23.5 Å². The number of carbonyl (C=O) groups is 2. The number of carbonyl (C=O) groups excluding carboxylic acids is 1. The fourth-order valence-electron chi connectivity index (χ4n) is 1.92. The largest absolute Gasteiger partial charge is 0.476 e. The second kappa shape index (κ2) is 4.40. The predicted molar refractivity (Wildman–Crippen MR) is 63.0 cm³/mol. The number of hydrogen-bond donors (Lipinski definition) is 2. The molecule has 2 aromatic rings. The van der Waals surface area contributed by atoms with Gasteiger partial charge in [0.25, 0.3) is 5.91 Å². The van der Waals surface area contributed by atoms with Crippen LogP contribution in [0.3, 0.4) is 0 Å². The van der Waals surface area contributed by atoms with Crippen molar-refractivity contribution >= 4 is 11.9 Å². The van der Waals surface area contributed by atoms with Crippen LogP contribution in [0, 0.1) is 6.92 Å². The van der Waals surface area contributed by atoms with Gasteiger partial charge in [0.05, 0.1) is 12.2 Å². The molecule has 3 heterocycles. The van der Waals surface area contributed by atoms with Crippen LogP contribution >= 0.6 is 0 Å². The van der Waals surface area contributed by atoms with E-state index in [1.807, 2.05) is 0 Å². The van der Waals surface area contributed by atoms with E-state index in [0.717, 1.165) is 0 Å². The highest BCUT2D eigenvalue weighted by Gasteiger charge is 2.35. The molecule has 1 saturated heterocycles. The van der Waals surface area contributed by atoms with Crippen LogP contribution in [0.2, 0.25) is 0 Å². The zero-order valence-electron chi connectivity index (χ0n) is 10.5. The van der Waals surface area contributed by atoms with E-state index in [1.165, 1.54) is 10.9 Å². The number of aromatic nitrogens is 6. The Bertz CT molecular complexity index is 670. The summed E-state index contributed by atoms with van der Waals surface area (Å²) in [6.07, 6.45) is 1.35. The molecule has 1 fully saturated rings. The molecule has 104 valence electrons. The maximum atomic E-state index is 12.0. The number of aryl methyl sites for hydroxylation is 1. The maximum Gasteiger partial charge on any atom is 0.358 e. The number of carboxylic acids is 1. The predicted octanol–water partition coefficient (Wildman–Crippen LogP) is -0.900. The summed E-state index contributed by atoms with van der Waals surface area (Å²) in [6.45, 7) is 2.56. The lowest BCUT2D eigenvalue weighted by Crippen LogP contribution is -2.51. The summed E-state index contributed by atoms with van der Waals surface area (Å²) < 4.78 is 1.45. The molecule has 0 bridgehead atoms. The van der Waals surface area contributed by atoms with Crippen molar-refractivity contribution in [2.75, 3.05) is 13.1 Å². The first-order chi connectivity index (χ1) is 9.54. The van der Waals surface area contributed by atoms with E-state index in [9.17, 15) is 9.59 Å². The Labute approximate surface area is 112 Å². The highest BCUT2D eigenvalue weighted by molar-refractivity contribution is 5.91. The van der Waals surface area contributed by atoms with Crippen molar-refractivity contribution in [3.8, 4) is 0 Å². The highest BCUT2D eigenvalue weighted by Crippen LogP contribution is 2.21. The molecule has 10 nitrogen and oxygen atoms in total. The zero-order valence-corrected chi connectivity index (χ0v) is 10.5. The van der Waals surface area contributed by atoms with Gasteiger partial charge in [-0.15, -0.1) is 10.2 Å². The van der Waals surface area contributed by atoms with Gasteiger partial charge in [0.15, 0.2) is 5.69 Å². The second-order valence-corrected chi connectivity index (χ2v) is 4.50. The molecule has 3 rings (SSSR count). The SMILES string of the molecule is Cc1nc(C(=O)N2CC(n3cc(C(=O)O)nn3)C2)n[nH]1. The topological polar surface area (TPSA) is 130 Å². The third-order valence-corrected chi connectivity index (χ3v) is 3.04. The maximum absolute atomic E-state index is 12.0. The van der Waals surface area contributed by atoms with E-state index in [2.05, 4.69) is 25.5 Å². The number of aromatic carboxylic acids is 1. The molecule has 0 radical (unpaired) electrons. The van der Waals surface area contributed by atoms with E-state index >= 15 is 0 Å². The number of hydrogen-bond acceptors (Lipinski definition) is 6. The minimum absolute atomic E-state index is 0.0698. The molecule has 0 spiro atoms. The summed E-state index contributed by atoms with van der Waals surface area (Å²) in [7, 11) is 0. The van der Waals surface area contributed by atoms with Gasteiger partial charge in [-0.25, -0.2) is 14.5 Å². The number of rotatable bonds is 3. The Morgan fingerprint density at radius 3 is 2.75 bits per heavy atom. The van der Waals surface area contributed by atoms with Gasteiger partial charge in [0.2, 0.25) is 5.82 Å². The van der Waals surface area contributed by atoms with Gasteiger partial charge in [0.1, 0.15) is 5.82 Å². The summed E-state index contributed by atoms with van der Waals surface area (Å²) in [5.41, 5.74) is -0.112. The molecular formula is C10H11N7O3. The smallest absolute Gasteiger partial charge is 0.358 e.